The van der Waals surface area contributed by atoms with Crippen molar-refractivity contribution < 1.29 is 9.47 Å². The number of nitrogens with zero attached hydrogens (tertiary/aromatic N) is 3. The van der Waals surface area contributed by atoms with Gasteiger partial charge >= 0.3 is 0 Å². The number of aliphatic imine (C=N–C) groups is 1. The number of thiazole rings is 1. The van der Waals surface area contributed by atoms with Gasteiger partial charge in [0.15, 0.2) is 5.96 Å². The Bertz CT molecular complexity index is 524. The molecular weight excluding hydrogens is 439 g/mol. The molecule has 0 amide bonds. The number of methoxy groups -OCH3 is 1. The third-order valence-corrected chi connectivity index (χ3v) is 5.06. The van der Waals surface area contributed by atoms with E-state index in [2.05, 4.69) is 27.1 Å². The van der Waals surface area contributed by atoms with Gasteiger partial charge in [0.05, 0.1) is 37.1 Å². The summed E-state index contributed by atoms with van der Waals surface area (Å²) in [7, 11) is 3.54. The van der Waals surface area contributed by atoms with Gasteiger partial charge in [-0.05, 0) is 20.3 Å². The Hall–Kier alpha value is -0.450. The van der Waals surface area contributed by atoms with Gasteiger partial charge in [0.25, 0.3) is 0 Å². The van der Waals surface area contributed by atoms with Gasteiger partial charge in [-0.3, -0.25) is 4.99 Å². The number of guanidine groups is 1. The van der Waals surface area contributed by atoms with E-state index in [1.54, 1.807) is 18.4 Å². The van der Waals surface area contributed by atoms with E-state index in [1.807, 2.05) is 14.0 Å². The van der Waals surface area contributed by atoms with Crippen LogP contribution in [0, 0.1) is 19.8 Å². The first-order valence-electron chi connectivity index (χ1n) is 8.09. The molecule has 0 aromatic carbocycles. The van der Waals surface area contributed by atoms with Crippen molar-refractivity contribution in [2.24, 2.45) is 10.9 Å². The second-order valence-electron chi connectivity index (χ2n) is 5.81. The average molecular weight is 468 g/mol. The number of likely N-dealkylation sites (tertiary alicyclic amines) is 1. The zero-order chi connectivity index (χ0) is 16.7. The molecule has 1 unspecified atom stereocenters. The Balaban J connectivity index is 0.00000288. The van der Waals surface area contributed by atoms with Gasteiger partial charge in [0.2, 0.25) is 0 Å². The lowest BCUT2D eigenvalue weighted by Gasteiger charge is -2.21. The lowest BCUT2D eigenvalue weighted by atomic mass is 10.1. The lowest BCUT2D eigenvalue weighted by Crippen LogP contribution is -2.39. The number of halogens is 1. The summed E-state index contributed by atoms with van der Waals surface area (Å²) in [6.07, 6.45) is 1.15. The maximum Gasteiger partial charge on any atom is 0.193 e. The van der Waals surface area contributed by atoms with Crippen LogP contribution < -0.4 is 5.32 Å². The van der Waals surface area contributed by atoms with Crippen molar-refractivity contribution in [2.45, 2.75) is 26.8 Å². The number of aryl methyl sites for hydroxylation is 2. The highest BCUT2D eigenvalue weighted by Crippen LogP contribution is 2.19. The Morgan fingerprint density at radius 3 is 2.83 bits per heavy atom. The van der Waals surface area contributed by atoms with Crippen molar-refractivity contribution in [1.29, 1.82) is 0 Å². The standard InChI is InChI=1S/C16H28N4O2S.HI/c1-12-15(23-13(2)19-12)9-18-16(17-3)20-6-5-14(10-20)11-22-8-7-21-4;/h14H,5-11H2,1-4H3,(H,17,18);1H. The molecule has 1 atom stereocenters. The third kappa shape index (κ3) is 6.45. The average Bonchev–Trinajstić information content (AvgIpc) is 3.11. The Kier molecular flexibility index (Phi) is 10.1. The fourth-order valence-electron chi connectivity index (χ4n) is 2.78. The van der Waals surface area contributed by atoms with Crippen LogP contribution in [0.5, 0.6) is 0 Å². The first kappa shape index (κ1) is 21.6. The maximum atomic E-state index is 5.65. The van der Waals surface area contributed by atoms with Gasteiger partial charge in [0.1, 0.15) is 0 Å². The fourth-order valence-corrected chi connectivity index (χ4v) is 3.66. The van der Waals surface area contributed by atoms with Gasteiger partial charge in [-0.2, -0.15) is 0 Å². The minimum atomic E-state index is 0. The van der Waals surface area contributed by atoms with Crippen LogP contribution in [-0.2, 0) is 16.0 Å². The molecule has 1 aliphatic heterocycles. The predicted octanol–water partition coefficient (Wildman–Crippen LogP) is 2.44. The molecule has 1 fully saturated rings. The number of hydrogen-bond donors (Lipinski definition) is 1. The fraction of sp³-hybridized carbons (Fsp3) is 0.750. The highest BCUT2D eigenvalue weighted by Gasteiger charge is 2.25. The van der Waals surface area contributed by atoms with Crippen molar-refractivity contribution in [2.75, 3.05) is 47.1 Å². The Labute approximate surface area is 166 Å². The second kappa shape index (κ2) is 11.2. The van der Waals surface area contributed by atoms with Crippen molar-refractivity contribution in [1.82, 2.24) is 15.2 Å². The van der Waals surface area contributed by atoms with Gasteiger partial charge in [-0.1, -0.05) is 0 Å². The zero-order valence-corrected chi connectivity index (χ0v) is 18.1. The highest BCUT2D eigenvalue weighted by molar-refractivity contribution is 14.0. The molecule has 1 aliphatic rings. The molecule has 138 valence electrons. The molecule has 0 radical (unpaired) electrons. The van der Waals surface area contributed by atoms with Crippen LogP contribution in [0.3, 0.4) is 0 Å². The second-order valence-corrected chi connectivity index (χ2v) is 7.10. The largest absolute Gasteiger partial charge is 0.382 e. The molecule has 0 bridgehead atoms. The summed E-state index contributed by atoms with van der Waals surface area (Å²) in [5, 5.41) is 4.58. The van der Waals surface area contributed by atoms with E-state index in [0.29, 0.717) is 19.1 Å². The maximum absolute atomic E-state index is 5.65. The molecule has 2 heterocycles. The number of ether oxygens (including phenoxy) is 2. The lowest BCUT2D eigenvalue weighted by molar-refractivity contribution is 0.0536. The van der Waals surface area contributed by atoms with Gasteiger partial charge < -0.3 is 19.7 Å². The molecule has 0 aliphatic carbocycles. The van der Waals surface area contributed by atoms with Gasteiger partial charge in [-0.25, -0.2) is 4.98 Å². The minimum Gasteiger partial charge on any atom is -0.382 e. The van der Waals surface area contributed by atoms with E-state index in [4.69, 9.17) is 9.47 Å². The molecule has 1 N–H and O–H groups in total. The first-order chi connectivity index (χ1) is 11.1. The van der Waals surface area contributed by atoms with Crippen molar-refractivity contribution >= 4 is 41.3 Å². The number of hydrogen-bond acceptors (Lipinski definition) is 5. The van der Waals surface area contributed by atoms with E-state index >= 15 is 0 Å². The Morgan fingerprint density at radius 2 is 2.21 bits per heavy atom. The highest BCUT2D eigenvalue weighted by atomic mass is 127. The van der Waals surface area contributed by atoms with Crippen LogP contribution in [0.25, 0.3) is 0 Å². The first-order valence-corrected chi connectivity index (χ1v) is 8.90. The molecule has 0 spiro atoms. The molecule has 0 saturated carbocycles. The van der Waals surface area contributed by atoms with E-state index in [0.717, 1.165) is 49.3 Å². The Morgan fingerprint density at radius 1 is 1.42 bits per heavy atom. The van der Waals surface area contributed by atoms with Gasteiger partial charge in [-0.15, -0.1) is 35.3 Å². The summed E-state index contributed by atoms with van der Waals surface area (Å²) in [6, 6.07) is 0. The van der Waals surface area contributed by atoms with E-state index in [9.17, 15) is 0 Å². The normalized spacial score (nSPS) is 17.9. The van der Waals surface area contributed by atoms with Crippen molar-refractivity contribution in [3.63, 3.8) is 0 Å². The van der Waals surface area contributed by atoms with E-state index in [1.165, 1.54) is 4.88 Å². The van der Waals surface area contributed by atoms with Crippen LogP contribution in [0.4, 0.5) is 0 Å². The van der Waals surface area contributed by atoms with E-state index in [-0.39, 0.29) is 24.0 Å². The quantitative estimate of drug-likeness (QED) is 0.288. The van der Waals surface area contributed by atoms with E-state index < -0.39 is 0 Å². The summed E-state index contributed by atoms with van der Waals surface area (Å²) >= 11 is 1.75. The molecule has 2 rings (SSSR count). The van der Waals surface area contributed by atoms with Crippen LogP contribution in [0.1, 0.15) is 22.0 Å². The zero-order valence-electron chi connectivity index (χ0n) is 15.0. The van der Waals surface area contributed by atoms with Crippen LogP contribution in [0.2, 0.25) is 0 Å². The smallest absolute Gasteiger partial charge is 0.193 e. The molecule has 8 heteroatoms. The topological polar surface area (TPSA) is 59.0 Å². The molecular formula is C16H29IN4O2S. The van der Waals surface area contributed by atoms with Gasteiger partial charge in [0, 0.05) is 38.0 Å². The predicted molar refractivity (Wildman–Crippen MR) is 110 cm³/mol. The van der Waals surface area contributed by atoms with Crippen LogP contribution in [-0.4, -0.2) is 62.9 Å². The van der Waals surface area contributed by atoms with Crippen molar-refractivity contribution in [3.05, 3.63) is 15.6 Å². The minimum absolute atomic E-state index is 0. The van der Waals surface area contributed by atoms with Crippen molar-refractivity contribution in [3.8, 4) is 0 Å². The number of aromatic nitrogens is 1. The van der Waals surface area contributed by atoms with Crippen LogP contribution >= 0.6 is 35.3 Å². The molecule has 24 heavy (non-hydrogen) atoms. The summed E-state index contributed by atoms with van der Waals surface area (Å²) in [6.45, 7) is 9.04. The number of nitrogens with one attached hydrogen (secondary N) is 1. The molecule has 1 aromatic heterocycles. The van der Waals surface area contributed by atoms with Crippen LogP contribution in [0.15, 0.2) is 4.99 Å². The summed E-state index contributed by atoms with van der Waals surface area (Å²) in [4.78, 5) is 12.5. The molecule has 6 nitrogen and oxygen atoms in total. The SMILES string of the molecule is CN=C(NCc1sc(C)nc1C)N1CCC(COCCOC)C1.I. The monoisotopic (exact) mass is 468 g/mol. The summed E-state index contributed by atoms with van der Waals surface area (Å²) < 4.78 is 10.6. The number of rotatable bonds is 7. The summed E-state index contributed by atoms with van der Waals surface area (Å²) in [5.41, 5.74) is 1.11. The molecule has 1 aromatic rings. The third-order valence-electron chi connectivity index (χ3n) is 3.99. The molecule has 1 saturated heterocycles. The summed E-state index contributed by atoms with van der Waals surface area (Å²) in [5.74, 6) is 1.53.